The van der Waals surface area contributed by atoms with Gasteiger partial charge in [-0.25, -0.2) is 4.79 Å². The van der Waals surface area contributed by atoms with Crippen LogP contribution in [0.3, 0.4) is 0 Å². The summed E-state index contributed by atoms with van der Waals surface area (Å²) in [6.07, 6.45) is 0.402. The number of benzene rings is 1. The lowest BCUT2D eigenvalue weighted by molar-refractivity contribution is -0.142. The van der Waals surface area contributed by atoms with Crippen molar-refractivity contribution in [2.75, 3.05) is 7.11 Å². The molecule has 1 rings (SSSR count). The third-order valence-electron chi connectivity index (χ3n) is 2.94. The van der Waals surface area contributed by atoms with Crippen LogP contribution in [0, 0.1) is 5.92 Å². The van der Waals surface area contributed by atoms with Crippen LogP contribution in [0.15, 0.2) is 18.2 Å². The molecule has 1 atom stereocenters. The van der Waals surface area contributed by atoms with E-state index in [1.807, 2.05) is 13.8 Å². The van der Waals surface area contributed by atoms with Crippen LogP contribution in [0.1, 0.15) is 25.8 Å². The minimum absolute atomic E-state index is 0.0195. The number of methoxy groups -OCH3 is 1. The van der Waals surface area contributed by atoms with Crippen LogP contribution in [-0.2, 0) is 16.0 Å². The number of para-hydroxylation sites is 1. The van der Waals surface area contributed by atoms with Crippen molar-refractivity contribution in [1.29, 1.82) is 0 Å². The lowest BCUT2D eigenvalue weighted by atomic mass is 10.0. The van der Waals surface area contributed by atoms with E-state index in [-0.39, 0.29) is 18.2 Å². The second-order valence-electron chi connectivity index (χ2n) is 5.20. The molecule has 0 aliphatic carbocycles. The zero-order valence-corrected chi connectivity index (χ0v) is 13.1. The van der Waals surface area contributed by atoms with E-state index in [2.05, 4.69) is 5.32 Å². The lowest BCUT2D eigenvalue weighted by Crippen LogP contribution is -2.42. The average molecular weight is 314 g/mol. The largest absolute Gasteiger partial charge is 0.495 e. The van der Waals surface area contributed by atoms with Gasteiger partial charge in [0.25, 0.3) is 0 Å². The molecule has 0 saturated carbocycles. The molecule has 0 unspecified atom stereocenters. The first-order valence-electron chi connectivity index (χ1n) is 6.68. The quantitative estimate of drug-likeness (QED) is 0.811. The van der Waals surface area contributed by atoms with Crippen molar-refractivity contribution in [1.82, 2.24) is 5.32 Å². The molecule has 2 N–H and O–H groups in total. The van der Waals surface area contributed by atoms with Gasteiger partial charge in [-0.3, -0.25) is 4.79 Å². The van der Waals surface area contributed by atoms with Gasteiger partial charge in [-0.05, 0) is 18.4 Å². The summed E-state index contributed by atoms with van der Waals surface area (Å²) in [6, 6.07) is 4.22. The summed E-state index contributed by atoms with van der Waals surface area (Å²) >= 11 is 5.99. The number of hydrogen-bond acceptors (Lipinski definition) is 3. The van der Waals surface area contributed by atoms with Crippen LogP contribution >= 0.6 is 11.6 Å². The zero-order chi connectivity index (χ0) is 16.0. The molecular weight excluding hydrogens is 294 g/mol. The summed E-state index contributed by atoms with van der Waals surface area (Å²) < 4.78 is 5.17. The highest BCUT2D eigenvalue weighted by Gasteiger charge is 2.21. The molecule has 116 valence electrons. The Morgan fingerprint density at radius 2 is 2.05 bits per heavy atom. The monoisotopic (exact) mass is 313 g/mol. The molecule has 6 heteroatoms. The molecule has 0 aliphatic heterocycles. The summed E-state index contributed by atoms with van der Waals surface area (Å²) in [7, 11) is 1.47. The molecule has 0 aliphatic rings. The van der Waals surface area contributed by atoms with Gasteiger partial charge in [0.15, 0.2) is 0 Å². The fourth-order valence-electron chi connectivity index (χ4n) is 2.03. The molecule has 0 heterocycles. The Labute approximate surface area is 129 Å². The molecule has 0 bridgehead atoms. The first-order valence-corrected chi connectivity index (χ1v) is 7.06. The van der Waals surface area contributed by atoms with E-state index in [0.29, 0.717) is 22.8 Å². The first kappa shape index (κ1) is 17.3. The van der Waals surface area contributed by atoms with Gasteiger partial charge in [0.05, 0.1) is 18.6 Å². The fourth-order valence-corrected chi connectivity index (χ4v) is 2.30. The third-order valence-corrected chi connectivity index (χ3v) is 3.24. The number of carboxylic acids is 1. The molecule has 1 aromatic rings. The Morgan fingerprint density at radius 3 is 2.57 bits per heavy atom. The summed E-state index contributed by atoms with van der Waals surface area (Å²) in [5, 5.41) is 12.1. The number of aliphatic carboxylic acids is 1. The van der Waals surface area contributed by atoms with Crippen LogP contribution in [0.25, 0.3) is 0 Å². The molecule has 1 aromatic carbocycles. The van der Waals surface area contributed by atoms with Gasteiger partial charge in [-0.1, -0.05) is 37.6 Å². The maximum Gasteiger partial charge on any atom is 0.326 e. The smallest absolute Gasteiger partial charge is 0.326 e. The van der Waals surface area contributed by atoms with Gasteiger partial charge < -0.3 is 15.2 Å². The fraction of sp³-hybridized carbons (Fsp3) is 0.467. The minimum Gasteiger partial charge on any atom is -0.495 e. The Balaban J connectivity index is 2.77. The number of nitrogens with one attached hydrogen (secondary N) is 1. The number of rotatable bonds is 7. The molecule has 0 saturated heterocycles. The van der Waals surface area contributed by atoms with E-state index in [1.165, 1.54) is 7.11 Å². The van der Waals surface area contributed by atoms with Gasteiger partial charge in [-0.2, -0.15) is 0 Å². The number of ether oxygens (including phenoxy) is 1. The second kappa shape index (κ2) is 7.88. The third kappa shape index (κ3) is 5.27. The lowest BCUT2D eigenvalue weighted by Gasteiger charge is -2.17. The highest BCUT2D eigenvalue weighted by Crippen LogP contribution is 2.28. The van der Waals surface area contributed by atoms with Crippen LogP contribution < -0.4 is 10.1 Å². The Hall–Kier alpha value is -1.75. The predicted molar refractivity (Wildman–Crippen MR) is 80.7 cm³/mol. The number of carbonyl (C=O) groups excluding carboxylic acids is 1. The SMILES string of the molecule is COc1c(Cl)cccc1CC(=O)N[C@@H](CC(C)C)C(=O)O. The van der Waals surface area contributed by atoms with Crippen molar-refractivity contribution in [3.05, 3.63) is 28.8 Å². The minimum atomic E-state index is -1.03. The van der Waals surface area contributed by atoms with Crippen molar-refractivity contribution in [2.45, 2.75) is 32.7 Å². The maximum absolute atomic E-state index is 12.0. The number of amides is 1. The highest BCUT2D eigenvalue weighted by atomic mass is 35.5. The topological polar surface area (TPSA) is 75.6 Å². The van der Waals surface area contributed by atoms with E-state index in [9.17, 15) is 9.59 Å². The van der Waals surface area contributed by atoms with E-state index < -0.39 is 12.0 Å². The molecule has 21 heavy (non-hydrogen) atoms. The van der Waals surface area contributed by atoms with Crippen LogP contribution in [0.4, 0.5) is 0 Å². The summed E-state index contributed by atoms with van der Waals surface area (Å²) in [4.78, 5) is 23.2. The second-order valence-corrected chi connectivity index (χ2v) is 5.60. The zero-order valence-electron chi connectivity index (χ0n) is 12.4. The van der Waals surface area contributed by atoms with E-state index in [0.717, 1.165) is 0 Å². The van der Waals surface area contributed by atoms with Crippen LogP contribution in [0.2, 0.25) is 5.02 Å². The number of carbonyl (C=O) groups is 2. The van der Waals surface area contributed by atoms with E-state index in [1.54, 1.807) is 18.2 Å². The molecule has 0 radical (unpaired) electrons. The summed E-state index contributed by atoms with van der Waals surface area (Å²) in [5.41, 5.74) is 0.621. The molecule has 0 aromatic heterocycles. The predicted octanol–water partition coefficient (Wildman–Crippen LogP) is 2.51. The van der Waals surface area contributed by atoms with Crippen LogP contribution in [0.5, 0.6) is 5.75 Å². The number of carboxylic acid groups (broad SMARTS) is 1. The van der Waals surface area contributed by atoms with Crippen molar-refractivity contribution in [2.24, 2.45) is 5.92 Å². The highest BCUT2D eigenvalue weighted by molar-refractivity contribution is 6.32. The average Bonchev–Trinajstić information content (AvgIpc) is 2.37. The van der Waals surface area contributed by atoms with Gasteiger partial charge in [-0.15, -0.1) is 0 Å². The van der Waals surface area contributed by atoms with Gasteiger partial charge in [0, 0.05) is 5.56 Å². The van der Waals surface area contributed by atoms with Crippen molar-refractivity contribution < 1.29 is 19.4 Å². The summed E-state index contributed by atoms with van der Waals surface area (Å²) in [6.45, 7) is 3.81. The Morgan fingerprint density at radius 1 is 1.38 bits per heavy atom. The molecular formula is C15H20ClNO4. The number of halogens is 1. The number of hydrogen-bond donors (Lipinski definition) is 2. The standard InChI is InChI=1S/C15H20ClNO4/c1-9(2)7-12(15(19)20)17-13(18)8-10-5-4-6-11(16)14(10)21-3/h4-6,9,12H,7-8H2,1-3H3,(H,17,18)(H,19,20)/t12-/m0/s1. The Kier molecular flexibility index (Phi) is 6.49. The van der Waals surface area contributed by atoms with Crippen LogP contribution in [-0.4, -0.2) is 30.1 Å². The molecule has 5 nitrogen and oxygen atoms in total. The maximum atomic E-state index is 12.0. The van der Waals surface area contributed by atoms with Gasteiger partial charge in [0.2, 0.25) is 5.91 Å². The van der Waals surface area contributed by atoms with Crippen molar-refractivity contribution in [3.8, 4) is 5.75 Å². The van der Waals surface area contributed by atoms with E-state index in [4.69, 9.17) is 21.4 Å². The van der Waals surface area contributed by atoms with Crippen molar-refractivity contribution >= 4 is 23.5 Å². The molecule has 1 amide bonds. The molecule has 0 spiro atoms. The van der Waals surface area contributed by atoms with Gasteiger partial charge in [0.1, 0.15) is 11.8 Å². The normalized spacial score (nSPS) is 12.0. The van der Waals surface area contributed by atoms with Gasteiger partial charge >= 0.3 is 5.97 Å². The van der Waals surface area contributed by atoms with E-state index >= 15 is 0 Å². The Bertz CT molecular complexity index is 516. The molecule has 0 fully saturated rings. The summed E-state index contributed by atoms with van der Waals surface area (Å²) in [5.74, 6) is -0.795. The van der Waals surface area contributed by atoms with Crippen molar-refractivity contribution in [3.63, 3.8) is 0 Å². The first-order chi connectivity index (χ1) is 9.85.